The summed E-state index contributed by atoms with van der Waals surface area (Å²) in [5.74, 6) is -0.232. The number of rotatable bonds is 8. The van der Waals surface area contributed by atoms with Gasteiger partial charge in [0.1, 0.15) is 18.0 Å². The molecule has 4 aliphatic rings. The molecule has 11 heteroatoms. The van der Waals surface area contributed by atoms with Crippen LogP contribution in [-0.2, 0) is 27.3 Å². The molecule has 46 heavy (non-hydrogen) atoms. The highest BCUT2D eigenvalue weighted by atomic mass is 16.5. The molecule has 3 aliphatic heterocycles. The topological polar surface area (TPSA) is 109 Å². The summed E-state index contributed by atoms with van der Waals surface area (Å²) in [6, 6.07) is 13.8. The number of hydrazine groups is 1. The van der Waals surface area contributed by atoms with Gasteiger partial charge in [0, 0.05) is 44.8 Å². The van der Waals surface area contributed by atoms with Crippen LogP contribution in [0.1, 0.15) is 24.5 Å². The Hall–Kier alpha value is -4.61. The Morgan fingerprint density at radius 2 is 1.85 bits per heavy atom. The molecule has 0 bridgehead atoms. The van der Waals surface area contributed by atoms with Crippen LogP contribution < -0.4 is 10.2 Å². The molecule has 1 unspecified atom stereocenters. The third-order valence-electron chi connectivity index (χ3n) is 8.92. The number of piperazine rings is 1. The molecular weight excluding hydrogens is 584 g/mol. The second-order valence-electron chi connectivity index (χ2n) is 11.9. The smallest absolute Gasteiger partial charge is 0.334 e. The normalized spacial score (nSPS) is 22.1. The fraction of sp³-hybridized carbons (Fsp3) is 0.400. The lowest BCUT2D eigenvalue weighted by atomic mass is 9.98. The Balaban J connectivity index is 1.30. The number of nitrogens with one attached hydrogen (secondary N) is 1. The molecule has 242 valence electrons. The van der Waals surface area contributed by atoms with Crippen molar-refractivity contribution in [3.05, 3.63) is 95.6 Å². The monoisotopic (exact) mass is 626 g/mol. The number of phenols is 1. The number of benzene rings is 2. The fourth-order valence-corrected chi connectivity index (χ4v) is 6.56. The van der Waals surface area contributed by atoms with Gasteiger partial charge in [0.05, 0.1) is 26.3 Å². The molecule has 1 aliphatic carbocycles. The first-order valence-electron chi connectivity index (χ1n) is 16.0. The number of hydrogen-bond acceptors (Lipinski definition) is 7. The van der Waals surface area contributed by atoms with Crippen molar-refractivity contribution in [2.24, 2.45) is 0 Å². The SMILES string of the molecule is CCN1CC(=O)N2C(CN(Cc3cccc(N4CCOCC4)c3)C(=O)[C@@H]2Cc2ccc(O)cc2)N1C(=O)NCC1=CC=CCC=C1. The molecule has 3 saturated heterocycles. The minimum Gasteiger partial charge on any atom is -0.508 e. The van der Waals surface area contributed by atoms with Gasteiger partial charge in [-0.05, 0) is 47.4 Å². The summed E-state index contributed by atoms with van der Waals surface area (Å²) < 4.78 is 5.53. The minimum atomic E-state index is -0.815. The first kappa shape index (κ1) is 31.4. The highest BCUT2D eigenvalue weighted by Crippen LogP contribution is 2.30. The van der Waals surface area contributed by atoms with Crippen LogP contribution in [-0.4, -0.2) is 107 Å². The van der Waals surface area contributed by atoms with E-state index >= 15 is 0 Å². The van der Waals surface area contributed by atoms with Gasteiger partial charge < -0.3 is 29.9 Å². The third-order valence-corrected chi connectivity index (χ3v) is 8.92. The maximum absolute atomic E-state index is 14.3. The summed E-state index contributed by atoms with van der Waals surface area (Å²) in [5, 5.41) is 16.3. The van der Waals surface area contributed by atoms with Crippen molar-refractivity contribution in [3.63, 3.8) is 0 Å². The van der Waals surface area contributed by atoms with Crippen LogP contribution >= 0.6 is 0 Å². The summed E-state index contributed by atoms with van der Waals surface area (Å²) in [7, 11) is 0. The zero-order valence-electron chi connectivity index (χ0n) is 26.3. The quantitative estimate of drug-likeness (QED) is 0.464. The second-order valence-corrected chi connectivity index (χ2v) is 11.9. The number of hydrogen-bond donors (Lipinski definition) is 2. The highest BCUT2D eigenvalue weighted by molar-refractivity contribution is 5.91. The lowest BCUT2D eigenvalue weighted by molar-refractivity contribution is -0.190. The molecule has 0 radical (unpaired) electrons. The number of carbonyl (C=O) groups is 3. The van der Waals surface area contributed by atoms with Crippen molar-refractivity contribution in [1.29, 1.82) is 0 Å². The number of amides is 4. The number of phenolic OH excluding ortho intramolecular Hbond substituents is 1. The van der Waals surface area contributed by atoms with Crippen LogP contribution in [0.4, 0.5) is 10.5 Å². The van der Waals surface area contributed by atoms with Gasteiger partial charge in [0.15, 0.2) is 0 Å². The first-order chi connectivity index (χ1) is 22.4. The predicted octanol–water partition coefficient (Wildman–Crippen LogP) is 3.04. The van der Waals surface area contributed by atoms with E-state index in [0.717, 1.165) is 41.9 Å². The molecule has 0 saturated carbocycles. The van der Waals surface area contributed by atoms with E-state index < -0.39 is 12.2 Å². The summed E-state index contributed by atoms with van der Waals surface area (Å²) >= 11 is 0. The number of aromatic hydroxyl groups is 1. The van der Waals surface area contributed by atoms with E-state index in [2.05, 4.69) is 28.4 Å². The van der Waals surface area contributed by atoms with Crippen LogP contribution in [0.2, 0.25) is 0 Å². The first-order valence-corrected chi connectivity index (χ1v) is 16.0. The molecule has 11 nitrogen and oxygen atoms in total. The number of morpholine rings is 1. The molecule has 2 atom stereocenters. The van der Waals surface area contributed by atoms with Crippen molar-refractivity contribution in [2.45, 2.75) is 38.5 Å². The maximum atomic E-state index is 14.3. The lowest BCUT2D eigenvalue weighted by Gasteiger charge is -2.55. The van der Waals surface area contributed by atoms with Crippen molar-refractivity contribution < 1.29 is 24.2 Å². The third kappa shape index (κ3) is 6.95. The summed E-state index contributed by atoms with van der Waals surface area (Å²) in [6.45, 7) is 6.18. The fourth-order valence-electron chi connectivity index (χ4n) is 6.56. The number of carbonyl (C=O) groups excluding carboxylic acids is 3. The van der Waals surface area contributed by atoms with Gasteiger partial charge >= 0.3 is 6.03 Å². The maximum Gasteiger partial charge on any atom is 0.334 e. The van der Waals surface area contributed by atoms with Crippen molar-refractivity contribution in [2.75, 3.05) is 57.4 Å². The lowest BCUT2D eigenvalue weighted by Crippen LogP contribution is -2.76. The van der Waals surface area contributed by atoms with Gasteiger partial charge in [-0.2, -0.15) is 0 Å². The zero-order valence-corrected chi connectivity index (χ0v) is 26.3. The Bertz CT molecular complexity index is 1520. The molecule has 0 spiro atoms. The van der Waals surface area contributed by atoms with Crippen LogP contribution in [0, 0.1) is 0 Å². The largest absolute Gasteiger partial charge is 0.508 e. The van der Waals surface area contributed by atoms with Crippen molar-refractivity contribution in [1.82, 2.24) is 25.1 Å². The van der Waals surface area contributed by atoms with Crippen molar-refractivity contribution >= 4 is 23.5 Å². The van der Waals surface area contributed by atoms with E-state index in [4.69, 9.17) is 4.74 Å². The van der Waals surface area contributed by atoms with E-state index in [0.29, 0.717) is 32.8 Å². The number of allylic oxidation sites excluding steroid dienone is 4. The van der Waals surface area contributed by atoms with Gasteiger partial charge in [0.25, 0.3) is 0 Å². The number of ether oxygens (including phenoxy) is 1. The Morgan fingerprint density at radius 3 is 2.63 bits per heavy atom. The average Bonchev–Trinajstić information content (AvgIpc) is 3.36. The Morgan fingerprint density at radius 1 is 1.04 bits per heavy atom. The predicted molar refractivity (Wildman–Crippen MR) is 175 cm³/mol. The van der Waals surface area contributed by atoms with E-state index in [-0.39, 0.29) is 43.1 Å². The molecule has 0 aromatic heterocycles. The average molecular weight is 627 g/mol. The number of fused-ring (bicyclic) bond motifs is 1. The van der Waals surface area contributed by atoms with E-state index in [1.807, 2.05) is 43.4 Å². The van der Waals surface area contributed by atoms with Crippen LogP contribution in [0.15, 0.2) is 84.5 Å². The van der Waals surface area contributed by atoms with Crippen LogP contribution in [0.5, 0.6) is 5.75 Å². The molecule has 6 rings (SSSR count). The standard InChI is InChI=1S/C35H42N6O5/c1-2-39-25-33(43)40-31(21-26-12-14-30(42)15-13-26)34(44)38(23-28-10-7-11-29(20-28)37-16-18-46-19-17-37)24-32(40)41(39)35(45)36-22-27-8-5-3-4-6-9-27/h3,5-15,20,31-32,42H,2,4,16-19,21-25H2,1H3,(H,36,45)/t31-,32?/m0/s1. The van der Waals surface area contributed by atoms with Crippen LogP contribution in [0.3, 0.4) is 0 Å². The van der Waals surface area contributed by atoms with Gasteiger partial charge in [-0.25, -0.2) is 14.8 Å². The zero-order chi connectivity index (χ0) is 32.0. The molecule has 3 heterocycles. The highest BCUT2D eigenvalue weighted by Gasteiger charge is 2.51. The molecule has 3 fully saturated rings. The summed E-state index contributed by atoms with van der Waals surface area (Å²) in [6.07, 6.45) is 10.5. The number of likely N-dealkylation sites (N-methyl/N-ethyl adjacent to an activating group) is 1. The Kier molecular flexibility index (Phi) is 9.70. The molecular formula is C35H42N6O5. The van der Waals surface area contributed by atoms with E-state index in [1.165, 1.54) is 0 Å². The van der Waals surface area contributed by atoms with Gasteiger partial charge in [-0.3, -0.25) is 9.59 Å². The van der Waals surface area contributed by atoms with Gasteiger partial charge in [0.2, 0.25) is 11.8 Å². The van der Waals surface area contributed by atoms with Crippen molar-refractivity contribution in [3.8, 4) is 5.75 Å². The Labute approximate surface area is 270 Å². The van der Waals surface area contributed by atoms with Crippen LogP contribution in [0.25, 0.3) is 0 Å². The van der Waals surface area contributed by atoms with Gasteiger partial charge in [-0.1, -0.05) is 61.6 Å². The number of urea groups is 1. The molecule has 2 aromatic carbocycles. The van der Waals surface area contributed by atoms with Gasteiger partial charge in [-0.15, -0.1) is 0 Å². The molecule has 4 amide bonds. The molecule has 2 aromatic rings. The summed E-state index contributed by atoms with van der Waals surface area (Å²) in [5.41, 5.74) is 3.84. The minimum absolute atomic E-state index is 0.00723. The second kappa shape index (κ2) is 14.2. The number of nitrogens with zero attached hydrogens (tertiary/aromatic N) is 5. The van der Waals surface area contributed by atoms with E-state index in [9.17, 15) is 19.5 Å². The summed E-state index contributed by atoms with van der Waals surface area (Å²) in [4.78, 5) is 47.7. The van der Waals surface area contributed by atoms with E-state index in [1.54, 1.807) is 44.1 Å². The number of anilines is 1. The molecule has 2 N–H and O–H groups in total.